The number of hydrogen-bond acceptors (Lipinski definition) is 5. The van der Waals surface area contributed by atoms with Gasteiger partial charge in [-0.3, -0.25) is 9.59 Å². The topological polar surface area (TPSA) is 104 Å². The highest BCUT2D eigenvalue weighted by Crippen LogP contribution is 2.11. The first-order valence-electron chi connectivity index (χ1n) is 6.15. The van der Waals surface area contributed by atoms with E-state index in [-0.39, 0.29) is 17.3 Å². The Labute approximate surface area is 122 Å². The second kappa shape index (κ2) is 8.23. The molecule has 0 aromatic rings. The smallest absolute Gasteiger partial charge is 0.327 e. The predicted molar refractivity (Wildman–Crippen MR) is 76.2 cm³/mol. The van der Waals surface area contributed by atoms with E-state index in [1.165, 1.54) is 6.92 Å². The molecule has 0 fully saturated rings. The molecule has 0 aliphatic rings. The summed E-state index contributed by atoms with van der Waals surface area (Å²) < 4.78 is 0.531. The van der Waals surface area contributed by atoms with Crippen molar-refractivity contribution in [3.8, 4) is 0 Å². The number of carboxylic acid groups (broad SMARTS) is 1. The maximum absolute atomic E-state index is 11.6. The molecule has 116 valence electrons. The first-order chi connectivity index (χ1) is 9.01. The van der Waals surface area contributed by atoms with Crippen LogP contribution >= 0.6 is 11.8 Å². The van der Waals surface area contributed by atoms with Gasteiger partial charge in [0.25, 0.3) is 0 Å². The van der Waals surface area contributed by atoms with Crippen LogP contribution in [0.5, 0.6) is 0 Å². The molecular formula is C12H23N2O5S+. The zero-order valence-corrected chi connectivity index (χ0v) is 13.1. The average molecular weight is 307 g/mol. The second-order valence-electron chi connectivity index (χ2n) is 5.61. The Morgan fingerprint density at radius 2 is 1.80 bits per heavy atom. The fourth-order valence-corrected chi connectivity index (χ4v) is 2.43. The van der Waals surface area contributed by atoms with Gasteiger partial charge in [-0.15, -0.1) is 0 Å². The fraction of sp³-hybridized carbons (Fsp3) is 0.750. The molecule has 0 rings (SSSR count). The largest absolute Gasteiger partial charge is 0.480 e. The predicted octanol–water partition coefficient (Wildman–Crippen LogP) is -0.707. The lowest BCUT2D eigenvalue weighted by atomic mass is 10.2. The number of carbonyl (C=O) groups excluding carboxylic acids is 2. The number of carbonyl (C=O) groups is 3. The van der Waals surface area contributed by atoms with E-state index in [0.29, 0.717) is 11.0 Å². The van der Waals surface area contributed by atoms with Crippen LogP contribution in [0.2, 0.25) is 0 Å². The molecule has 0 aliphatic heterocycles. The van der Waals surface area contributed by atoms with E-state index in [4.69, 9.17) is 5.11 Å². The number of likely N-dealkylation sites (N-methyl/N-ethyl adjacent to an activating group) is 1. The summed E-state index contributed by atoms with van der Waals surface area (Å²) in [4.78, 5) is 33.3. The van der Waals surface area contributed by atoms with Gasteiger partial charge < -0.3 is 20.0 Å². The van der Waals surface area contributed by atoms with Crippen LogP contribution in [0.15, 0.2) is 0 Å². The van der Waals surface area contributed by atoms with Crippen LogP contribution in [0.25, 0.3) is 0 Å². The van der Waals surface area contributed by atoms with Crippen LogP contribution in [0, 0.1) is 0 Å². The van der Waals surface area contributed by atoms with Crippen molar-refractivity contribution >= 4 is 28.8 Å². The van der Waals surface area contributed by atoms with Crippen LogP contribution in [0.4, 0.5) is 0 Å². The van der Waals surface area contributed by atoms with Gasteiger partial charge in [0.2, 0.25) is 5.91 Å². The monoisotopic (exact) mass is 307 g/mol. The number of carboxylic acids is 1. The van der Waals surface area contributed by atoms with E-state index >= 15 is 0 Å². The zero-order valence-electron chi connectivity index (χ0n) is 12.3. The van der Waals surface area contributed by atoms with E-state index in [1.807, 2.05) is 21.1 Å². The van der Waals surface area contributed by atoms with Gasteiger partial charge in [-0.2, -0.15) is 0 Å². The van der Waals surface area contributed by atoms with Gasteiger partial charge in [-0.05, 0) is 0 Å². The van der Waals surface area contributed by atoms with Crippen molar-refractivity contribution in [2.75, 3.05) is 33.4 Å². The molecular weight excluding hydrogens is 284 g/mol. The lowest BCUT2D eigenvalue weighted by Crippen LogP contribution is -2.42. The van der Waals surface area contributed by atoms with Crippen molar-refractivity contribution in [1.29, 1.82) is 0 Å². The zero-order chi connectivity index (χ0) is 15.9. The van der Waals surface area contributed by atoms with Crippen molar-refractivity contribution < 1.29 is 29.1 Å². The molecule has 0 aromatic heterocycles. The maximum Gasteiger partial charge on any atom is 0.327 e. The number of nitrogens with zero attached hydrogens (tertiary/aromatic N) is 1. The molecule has 1 amide bonds. The van der Waals surface area contributed by atoms with Gasteiger partial charge in [0, 0.05) is 19.1 Å². The number of aliphatic hydroxyl groups excluding tert-OH is 1. The molecule has 0 bridgehead atoms. The Balaban J connectivity index is 4.20. The molecule has 0 saturated carbocycles. The summed E-state index contributed by atoms with van der Waals surface area (Å²) in [6, 6.07) is -1.10. The minimum Gasteiger partial charge on any atom is -0.480 e. The van der Waals surface area contributed by atoms with Crippen LogP contribution in [-0.4, -0.2) is 77.3 Å². The maximum atomic E-state index is 11.6. The molecule has 0 aliphatic carbocycles. The van der Waals surface area contributed by atoms with Crippen LogP contribution in [-0.2, 0) is 14.4 Å². The molecule has 3 N–H and O–H groups in total. The molecule has 2 unspecified atom stereocenters. The Morgan fingerprint density at radius 1 is 1.25 bits per heavy atom. The molecule has 0 spiro atoms. The molecule has 7 nitrogen and oxygen atoms in total. The number of aliphatic carboxylic acids is 1. The van der Waals surface area contributed by atoms with Crippen LogP contribution in [0.1, 0.15) is 13.3 Å². The van der Waals surface area contributed by atoms with Gasteiger partial charge >= 0.3 is 5.97 Å². The molecule has 2 atom stereocenters. The lowest BCUT2D eigenvalue weighted by Gasteiger charge is -2.26. The standard InChI is InChI=1S/C12H22N2O5S/c1-8(15)13-10(12(18)19)7-20-11(17)5-9(16)6-14(2,3)4/h9-10,16H,5-7H2,1-4H3,(H-,13,15,18,19)/p+1. The van der Waals surface area contributed by atoms with Crippen molar-refractivity contribution in [2.45, 2.75) is 25.5 Å². The first-order valence-corrected chi connectivity index (χ1v) is 7.14. The highest BCUT2D eigenvalue weighted by atomic mass is 32.2. The molecule has 20 heavy (non-hydrogen) atoms. The van der Waals surface area contributed by atoms with Gasteiger partial charge in [-0.1, -0.05) is 11.8 Å². The van der Waals surface area contributed by atoms with Crippen molar-refractivity contribution in [1.82, 2.24) is 5.32 Å². The third kappa shape index (κ3) is 9.76. The van der Waals surface area contributed by atoms with Gasteiger partial charge in [0.05, 0.1) is 21.1 Å². The number of amides is 1. The normalized spacial score (nSPS) is 14.4. The molecule has 0 aromatic carbocycles. The second-order valence-corrected chi connectivity index (χ2v) is 6.68. The quantitative estimate of drug-likeness (QED) is 0.512. The summed E-state index contributed by atoms with van der Waals surface area (Å²) in [5, 5.41) is 20.6. The summed E-state index contributed by atoms with van der Waals surface area (Å²) in [6.07, 6.45) is -0.800. The minimum atomic E-state index is -1.19. The summed E-state index contributed by atoms with van der Waals surface area (Å²) in [6.45, 7) is 1.65. The average Bonchev–Trinajstić information content (AvgIpc) is 2.20. The van der Waals surface area contributed by atoms with Crippen LogP contribution < -0.4 is 5.32 Å². The molecule has 0 saturated heterocycles. The summed E-state index contributed by atoms with van der Waals surface area (Å²) in [7, 11) is 5.70. The summed E-state index contributed by atoms with van der Waals surface area (Å²) >= 11 is 0.808. The number of quaternary nitrogens is 1. The third-order valence-electron chi connectivity index (χ3n) is 2.25. The summed E-state index contributed by atoms with van der Waals surface area (Å²) in [5.41, 5.74) is 0. The third-order valence-corrected chi connectivity index (χ3v) is 3.24. The summed E-state index contributed by atoms with van der Waals surface area (Å²) in [5.74, 6) is -1.70. The minimum absolute atomic E-state index is 0.0351. The van der Waals surface area contributed by atoms with E-state index in [1.54, 1.807) is 0 Å². The number of rotatable bonds is 8. The number of nitrogens with one attached hydrogen (secondary N) is 1. The lowest BCUT2D eigenvalue weighted by molar-refractivity contribution is -0.873. The number of hydrogen-bond donors (Lipinski definition) is 3. The molecule has 0 heterocycles. The first kappa shape index (κ1) is 18.9. The number of thioether (sulfide) groups is 1. The van der Waals surface area contributed by atoms with Crippen molar-refractivity contribution in [3.05, 3.63) is 0 Å². The SMILES string of the molecule is CC(=O)NC(CSC(=O)CC(O)C[N+](C)(C)C)C(=O)O. The Kier molecular flexibility index (Phi) is 7.77. The molecule has 8 heteroatoms. The molecule has 0 radical (unpaired) electrons. The van der Waals surface area contributed by atoms with Crippen molar-refractivity contribution in [3.63, 3.8) is 0 Å². The van der Waals surface area contributed by atoms with E-state index in [9.17, 15) is 19.5 Å². The van der Waals surface area contributed by atoms with E-state index in [0.717, 1.165) is 11.8 Å². The van der Waals surface area contributed by atoms with E-state index in [2.05, 4.69) is 5.32 Å². The number of aliphatic hydroxyl groups is 1. The highest BCUT2D eigenvalue weighted by Gasteiger charge is 2.22. The van der Waals surface area contributed by atoms with Gasteiger partial charge in [0.1, 0.15) is 18.7 Å². The Bertz CT molecular complexity index is 367. The van der Waals surface area contributed by atoms with Crippen LogP contribution in [0.3, 0.4) is 0 Å². The highest BCUT2D eigenvalue weighted by molar-refractivity contribution is 8.13. The fourth-order valence-electron chi connectivity index (χ4n) is 1.54. The van der Waals surface area contributed by atoms with Gasteiger partial charge in [-0.25, -0.2) is 4.79 Å². The van der Waals surface area contributed by atoms with Gasteiger partial charge in [0.15, 0.2) is 5.12 Å². The van der Waals surface area contributed by atoms with E-state index < -0.39 is 24.0 Å². The Morgan fingerprint density at radius 3 is 2.20 bits per heavy atom. The van der Waals surface area contributed by atoms with Crippen molar-refractivity contribution in [2.24, 2.45) is 0 Å². The Hall–Kier alpha value is -1.12.